The number of carbonyl (C=O) groups is 2. The molecule has 7 heteroatoms. The van der Waals surface area contributed by atoms with Crippen molar-refractivity contribution in [1.29, 1.82) is 0 Å². The lowest BCUT2D eigenvalue weighted by molar-refractivity contribution is -0.116. The molecule has 0 saturated carbocycles. The smallest absolute Gasteiger partial charge is 0.296 e. The van der Waals surface area contributed by atoms with Crippen LogP contribution in [-0.2, 0) is 9.59 Å². The van der Waals surface area contributed by atoms with E-state index in [2.05, 4.69) is 15.3 Å². The molecule has 1 N–H and O–H groups in total. The molecule has 0 saturated heterocycles. The molecule has 0 aliphatic carbocycles. The van der Waals surface area contributed by atoms with Crippen molar-refractivity contribution in [1.82, 2.24) is 9.88 Å². The summed E-state index contributed by atoms with van der Waals surface area (Å²) < 4.78 is 0. The summed E-state index contributed by atoms with van der Waals surface area (Å²) in [6, 6.07) is 12.9. The Hall–Kier alpha value is -3.19. The van der Waals surface area contributed by atoms with Gasteiger partial charge in [0, 0.05) is 23.8 Å². The standard InChI is InChI=1S/C19H14N4O2S/c24-17(21-14-6-2-1-3-7-14)10-15-12-26-19-22-18(25)16(23(15)19)9-13-5-4-8-20-11-13/h1-9,11-12H,10H2,(H,21,24)/b16-9+. The molecule has 128 valence electrons. The number of amides is 2. The Bertz CT molecular complexity index is 952. The average Bonchev–Trinajstić information content (AvgIpc) is 3.17. The predicted molar refractivity (Wildman–Crippen MR) is 102 cm³/mol. The largest absolute Gasteiger partial charge is 0.326 e. The van der Waals surface area contributed by atoms with Gasteiger partial charge in [-0.1, -0.05) is 36.0 Å². The van der Waals surface area contributed by atoms with Gasteiger partial charge in [-0.15, -0.1) is 0 Å². The average molecular weight is 362 g/mol. The van der Waals surface area contributed by atoms with Gasteiger partial charge in [0.05, 0.1) is 6.42 Å². The zero-order valence-electron chi connectivity index (χ0n) is 13.6. The van der Waals surface area contributed by atoms with Crippen molar-refractivity contribution in [2.45, 2.75) is 6.42 Å². The van der Waals surface area contributed by atoms with Crippen LogP contribution in [-0.4, -0.2) is 26.9 Å². The number of thioether (sulfide) groups is 1. The second-order valence-electron chi connectivity index (χ2n) is 5.67. The number of rotatable bonds is 4. The monoisotopic (exact) mass is 362 g/mol. The first-order valence-corrected chi connectivity index (χ1v) is 8.84. The van der Waals surface area contributed by atoms with E-state index in [1.54, 1.807) is 29.4 Å². The maximum absolute atomic E-state index is 12.4. The number of nitrogens with one attached hydrogen (secondary N) is 1. The molecule has 1 aromatic carbocycles. The maximum atomic E-state index is 12.4. The van der Waals surface area contributed by atoms with Crippen LogP contribution in [0.5, 0.6) is 0 Å². The van der Waals surface area contributed by atoms with Crippen LogP contribution >= 0.6 is 11.8 Å². The molecule has 4 rings (SSSR count). The van der Waals surface area contributed by atoms with Gasteiger partial charge in [-0.25, -0.2) is 0 Å². The van der Waals surface area contributed by atoms with Crippen molar-refractivity contribution < 1.29 is 9.59 Å². The summed E-state index contributed by atoms with van der Waals surface area (Å²) in [7, 11) is 0. The summed E-state index contributed by atoms with van der Waals surface area (Å²) in [5.41, 5.74) is 2.69. The number of hydrogen-bond donors (Lipinski definition) is 1. The summed E-state index contributed by atoms with van der Waals surface area (Å²) in [5.74, 6) is -0.463. The van der Waals surface area contributed by atoms with Crippen molar-refractivity contribution in [3.8, 4) is 0 Å². The maximum Gasteiger partial charge on any atom is 0.296 e. The molecule has 26 heavy (non-hydrogen) atoms. The summed E-state index contributed by atoms with van der Waals surface area (Å²) in [6.07, 6.45) is 5.23. The first-order valence-electron chi connectivity index (χ1n) is 7.96. The summed E-state index contributed by atoms with van der Waals surface area (Å²) >= 11 is 1.34. The first-order chi connectivity index (χ1) is 12.7. The highest BCUT2D eigenvalue weighted by Gasteiger charge is 2.36. The van der Waals surface area contributed by atoms with Gasteiger partial charge in [-0.3, -0.25) is 19.5 Å². The van der Waals surface area contributed by atoms with E-state index in [4.69, 9.17) is 0 Å². The van der Waals surface area contributed by atoms with Gasteiger partial charge in [-0.05, 0) is 35.2 Å². The Morgan fingerprint density at radius 2 is 2.04 bits per heavy atom. The molecule has 1 aromatic heterocycles. The molecule has 2 aliphatic rings. The van der Waals surface area contributed by atoms with E-state index in [1.807, 2.05) is 41.8 Å². The molecule has 2 aromatic rings. The van der Waals surface area contributed by atoms with Crippen LogP contribution in [0.2, 0.25) is 0 Å². The number of pyridine rings is 1. The lowest BCUT2D eigenvalue weighted by Crippen LogP contribution is -2.24. The highest BCUT2D eigenvalue weighted by atomic mass is 32.2. The normalized spacial score (nSPS) is 17.2. The third-order valence-electron chi connectivity index (χ3n) is 3.82. The number of fused-ring (bicyclic) bond motifs is 1. The van der Waals surface area contributed by atoms with Crippen molar-refractivity contribution in [2.75, 3.05) is 5.32 Å². The minimum absolute atomic E-state index is 0.149. The summed E-state index contributed by atoms with van der Waals surface area (Å²) in [5, 5.41) is 5.29. The Morgan fingerprint density at radius 1 is 1.19 bits per heavy atom. The predicted octanol–water partition coefficient (Wildman–Crippen LogP) is 3.24. The van der Waals surface area contributed by atoms with E-state index in [9.17, 15) is 9.59 Å². The van der Waals surface area contributed by atoms with Crippen molar-refractivity contribution in [3.63, 3.8) is 0 Å². The molecule has 2 aliphatic heterocycles. The second kappa shape index (κ2) is 6.97. The third kappa shape index (κ3) is 3.29. The van der Waals surface area contributed by atoms with Crippen LogP contribution < -0.4 is 5.32 Å². The van der Waals surface area contributed by atoms with E-state index in [1.165, 1.54) is 11.8 Å². The molecule has 6 nitrogen and oxygen atoms in total. The quantitative estimate of drug-likeness (QED) is 0.845. The van der Waals surface area contributed by atoms with Crippen molar-refractivity contribution in [3.05, 3.63) is 77.2 Å². The van der Waals surface area contributed by atoms with Crippen molar-refractivity contribution >= 4 is 40.5 Å². The number of hydrogen-bond acceptors (Lipinski definition) is 5. The SMILES string of the molecule is O=C(CC1=CSC2=NC(=O)/C(=C\c3cccnc3)N12)Nc1ccccc1. The minimum atomic E-state index is -0.314. The Labute approximate surface area is 154 Å². The molecule has 0 fully saturated rings. The van der Waals surface area contributed by atoms with Crippen LogP contribution in [0.25, 0.3) is 6.08 Å². The second-order valence-corrected chi connectivity index (χ2v) is 6.51. The number of aromatic nitrogens is 1. The molecule has 0 bridgehead atoms. The molecule has 0 unspecified atom stereocenters. The molecule has 0 spiro atoms. The zero-order valence-corrected chi connectivity index (χ0v) is 14.4. The lowest BCUT2D eigenvalue weighted by atomic mass is 10.2. The minimum Gasteiger partial charge on any atom is -0.326 e. The number of para-hydroxylation sites is 1. The molecular weight excluding hydrogens is 348 g/mol. The third-order valence-corrected chi connectivity index (χ3v) is 4.70. The van der Waals surface area contributed by atoms with E-state index < -0.39 is 0 Å². The molecular formula is C19H14N4O2S. The van der Waals surface area contributed by atoms with Gasteiger partial charge < -0.3 is 5.32 Å². The highest BCUT2D eigenvalue weighted by Crippen LogP contribution is 2.37. The van der Waals surface area contributed by atoms with E-state index in [0.29, 0.717) is 10.9 Å². The van der Waals surface area contributed by atoms with Crippen LogP contribution in [0.3, 0.4) is 0 Å². The Kier molecular flexibility index (Phi) is 4.37. The number of aliphatic imine (C=N–C) groups is 1. The Balaban J connectivity index is 1.53. The van der Waals surface area contributed by atoms with Crippen LogP contribution in [0.1, 0.15) is 12.0 Å². The first kappa shape index (κ1) is 16.3. The number of amidine groups is 1. The zero-order chi connectivity index (χ0) is 17.9. The highest BCUT2D eigenvalue weighted by molar-refractivity contribution is 8.16. The molecule has 3 heterocycles. The molecule has 0 atom stereocenters. The lowest BCUT2D eigenvalue weighted by Gasteiger charge is -2.18. The van der Waals surface area contributed by atoms with Gasteiger partial charge in [0.25, 0.3) is 5.91 Å². The topological polar surface area (TPSA) is 74.7 Å². The number of benzene rings is 1. The fourth-order valence-electron chi connectivity index (χ4n) is 2.68. The number of carbonyl (C=O) groups excluding carboxylic acids is 2. The van der Waals surface area contributed by atoms with Crippen molar-refractivity contribution in [2.24, 2.45) is 4.99 Å². The van der Waals surface area contributed by atoms with E-state index >= 15 is 0 Å². The number of anilines is 1. The van der Waals surface area contributed by atoms with Gasteiger partial charge in [-0.2, -0.15) is 4.99 Å². The molecule has 0 radical (unpaired) electrons. The summed E-state index contributed by atoms with van der Waals surface area (Å²) in [6.45, 7) is 0. The number of nitrogens with zero attached hydrogens (tertiary/aromatic N) is 3. The van der Waals surface area contributed by atoms with Gasteiger partial charge in [0.1, 0.15) is 5.70 Å². The van der Waals surface area contributed by atoms with Gasteiger partial charge >= 0.3 is 0 Å². The van der Waals surface area contributed by atoms with Gasteiger partial charge in [0.2, 0.25) is 5.91 Å². The fraction of sp³-hybridized carbons (Fsp3) is 0.0526. The fourth-order valence-corrected chi connectivity index (χ4v) is 3.57. The summed E-state index contributed by atoms with van der Waals surface area (Å²) in [4.78, 5) is 34.5. The van der Waals surface area contributed by atoms with E-state index in [-0.39, 0.29) is 18.2 Å². The van der Waals surface area contributed by atoms with Crippen LogP contribution in [0.4, 0.5) is 5.69 Å². The van der Waals surface area contributed by atoms with Gasteiger partial charge in [0.15, 0.2) is 5.17 Å². The van der Waals surface area contributed by atoms with Crippen LogP contribution in [0.15, 0.2) is 76.7 Å². The Morgan fingerprint density at radius 3 is 2.81 bits per heavy atom. The van der Waals surface area contributed by atoms with E-state index in [0.717, 1.165) is 16.9 Å². The molecule has 2 amide bonds. The van der Waals surface area contributed by atoms with Crippen LogP contribution in [0, 0.1) is 0 Å².